The zero-order chi connectivity index (χ0) is 26.2. The zero-order valence-corrected chi connectivity index (χ0v) is 21.6. The average molecular weight is 503 g/mol. The molecule has 0 saturated carbocycles. The van der Waals surface area contributed by atoms with E-state index in [-0.39, 0.29) is 0 Å². The maximum Gasteiger partial charge on any atom is 0.159 e. The summed E-state index contributed by atoms with van der Waals surface area (Å²) >= 11 is 0. The van der Waals surface area contributed by atoms with Gasteiger partial charge in [0.2, 0.25) is 0 Å². The van der Waals surface area contributed by atoms with Crippen molar-refractivity contribution in [3.05, 3.63) is 145 Å². The van der Waals surface area contributed by atoms with Gasteiger partial charge in [-0.25, -0.2) is 9.97 Å². The summed E-state index contributed by atoms with van der Waals surface area (Å²) in [5.41, 5.74) is 9.06. The van der Waals surface area contributed by atoms with Crippen LogP contribution in [-0.2, 0) is 0 Å². The largest absolute Gasteiger partial charge is 0.310 e. The van der Waals surface area contributed by atoms with Crippen LogP contribution in [0, 0.1) is 6.92 Å². The Balaban J connectivity index is 1.43. The van der Waals surface area contributed by atoms with Gasteiger partial charge in [-0.15, -0.1) is 0 Å². The molecule has 0 spiro atoms. The molecule has 0 fully saturated rings. The van der Waals surface area contributed by atoms with E-state index in [2.05, 4.69) is 148 Å². The lowest BCUT2D eigenvalue weighted by molar-refractivity contribution is 1.14. The van der Waals surface area contributed by atoms with Crippen LogP contribution in [-0.4, -0.2) is 14.5 Å². The summed E-state index contributed by atoms with van der Waals surface area (Å²) in [6, 6.07) is 44.8. The minimum Gasteiger partial charge on any atom is -0.310 e. The van der Waals surface area contributed by atoms with Crippen LogP contribution in [0.5, 0.6) is 0 Å². The lowest BCUT2D eigenvalue weighted by atomic mass is 10.1. The van der Waals surface area contributed by atoms with Crippen LogP contribution >= 0.6 is 0 Å². The molecule has 7 rings (SSSR count). The van der Waals surface area contributed by atoms with Gasteiger partial charge < -0.3 is 9.47 Å². The molecule has 0 radical (unpaired) electrons. The van der Waals surface area contributed by atoms with Gasteiger partial charge >= 0.3 is 0 Å². The van der Waals surface area contributed by atoms with Gasteiger partial charge in [0.15, 0.2) is 5.82 Å². The van der Waals surface area contributed by atoms with E-state index in [0.717, 1.165) is 34.1 Å². The van der Waals surface area contributed by atoms with Crippen molar-refractivity contribution in [3.8, 4) is 17.1 Å². The Bertz CT molecular complexity index is 1870. The molecule has 5 aromatic carbocycles. The number of para-hydroxylation sites is 3. The fourth-order valence-electron chi connectivity index (χ4n) is 5.45. The van der Waals surface area contributed by atoms with Crippen molar-refractivity contribution in [2.45, 2.75) is 6.92 Å². The maximum absolute atomic E-state index is 4.44. The van der Waals surface area contributed by atoms with Crippen LogP contribution in [0.1, 0.15) is 5.56 Å². The van der Waals surface area contributed by atoms with Gasteiger partial charge in [-0.05, 0) is 85.3 Å². The first kappa shape index (κ1) is 22.9. The molecule has 0 saturated heterocycles. The molecule has 0 aliphatic carbocycles. The Kier molecular flexibility index (Phi) is 5.64. The van der Waals surface area contributed by atoms with Gasteiger partial charge in [0.05, 0.1) is 11.0 Å². The summed E-state index contributed by atoms with van der Waals surface area (Å²) in [7, 11) is 0. The van der Waals surface area contributed by atoms with Crippen LogP contribution < -0.4 is 4.90 Å². The second-order valence-electron chi connectivity index (χ2n) is 9.63. The van der Waals surface area contributed by atoms with E-state index in [9.17, 15) is 0 Å². The zero-order valence-electron chi connectivity index (χ0n) is 21.6. The molecule has 0 bridgehead atoms. The van der Waals surface area contributed by atoms with Gasteiger partial charge in [-0.3, -0.25) is 0 Å². The molecule has 39 heavy (non-hydrogen) atoms. The monoisotopic (exact) mass is 502 g/mol. The van der Waals surface area contributed by atoms with Gasteiger partial charge in [-0.1, -0.05) is 54.6 Å². The van der Waals surface area contributed by atoms with E-state index in [1.165, 1.54) is 27.4 Å². The second-order valence-corrected chi connectivity index (χ2v) is 9.63. The van der Waals surface area contributed by atoms with E-state index in [1.54, 1.807) is 12.4 Å². The lowest BCUT2D eigenvalue weighted by Crippen LogP contribution is -2.09. The highest BCUT2D eigenvalue weighted by Crippen LogP contribution is 2.40. The third-order valence-electron chi connectivity index (χ3n) is 7.20. The van der Waals surface area contributed by atoms with Crippen molar-refractivity contribution in [2.75, 3.05) is 4.90 Å². The second kappa shape index (κ2) is 9.58. The summed E-state index contributed by atoms with van der Waals surface area (Å²) in [5.74, 6) is 0.737. The number of hydrogen-bond acceptors (Lipinski definition) is 3. The minimum absolute atomic E-state index is 0.737. The molecule has 0 amide bonds. The smallest absolute Gasteiger partial charge is 0.159 e. The molecule has 7 aromatic rings. The maximum atomic E-state index is 4.44. The SMILES string of the molecule is Cc1cc(-c2ncccn2)ccc1-n1c2ccccc2c2cc(N(c3ccccc3)c3ccccc3)ccc21. The van der Waals surface area contributed by atoms with Crippen molar-refractivity contribution >= 4 is 38.9 Å². The molecule has 0 aliphatic rings. The molecule has 0 unspecified atom stereocenters. The standard InChI is InChI=1S/C35H26N4/c1-25-23-26(35-36-21-10-22-37-35)17-19-32(25)39-33-16-9-8-15-30(33)31-24-29(18-20-34(31)39)38(27-11-4-2-5-12-27)28-13-6-3-7-14-28/h2-24H,1H3. The van der Waals surface area contributed by atoms with E-state index >= 15 is 0 Å². The average Bonchev–Trinajstić information content (AvgIpc) is 3.32. The highest BCUT2D eigenvalue weighted by atomic mass is 15.1. The molecule has 4 nitrogen and oxygen atoms in total. The summed E-state index contributed by atoms with van der Waals surface area (Å²) in [6.45, 7) is 2.16. The molecule has 2 aromatic heterocycles. The minimum atomic E-state index is 0.737. The number of aromatic nitrogens is 3. The molecule has 0 atom stereocenters. The van der Waals surface area contributed by atoms with Crippen LogP contribution in [0.15, 0.2) is 140 Å². The first-order valence-electron chi connectivity index (χ1n) is 13.1. The van der Waals surface area contributed by atoms with E-state index in [1.807, 2.05) is 6.07 Å². The summed E-state index contributed by atoms with van der Waals surface area (Å²) < 4.78 is 2.37. The summed E-state index contributed by atoms with van der Waals surface area (Å²) in [6.07, 6.45) is 3.56. The number of hydrogen-bond donors (Lipinski definition) is 0. The fraction of sp³-hybridized carbons (Fsp3) is 0.0286. The Hall–Kier alpha value is -5.22. The molecule has 4 heteroatoms. The van der Waals surface area contributed by atoms with Crippen LogP contribution in [0.2, 0.25) is 0 Å². The van der Waals surface area contributed by atoms with E-state index < -0.39 is 0 Å². The Morgan fingerprint density at radius 1 is 0.538 bits per heavy atom. The topological polar surface area (TPSA) is 34.0 Å². The van der Waals surface area contributed by atoms with Crippen molar-refractivity contribution in [1.29, 1.82) is 0 Å². The number of anilines is 3. The normalized spacial score (nSPS) is 11.2. The van der Waals surface area contributed by atoms with E-state index in [4.69, 9.17) is 0 Å². The first-order valence-corrected chi connectivity index (χ1v) is 13.1. The number of nitrogens with zero attached hydrogens (tertiary/aromatic N) is 4. The summed E-state index contributed by atoms with van der Waals surface area (Å²) in [4.78, 5) is 11.2. The highest BCUT2D eigenvalue weighted by molar-refractivity contribution is 6.10. The predicted molar refractivity (Wildman–Crippen MR) is 161 cm³/mol. The van der Waals surface area contributed by atoms with Gasteiger partial charge in [0, 0.05) is 51.5 Å². The van der Waals surface area contributed by atoms with Crippen LogP contribution in [0.3, 0.4) is 0 Å². The van der Waals surface area contributed by atoms with Crippen LogP contribution in [0.4, 0.5) is 17.1 Å². The van der Waals surface area contributed by atoms with Crippen molar-refractivity contribution in [1.82, 2.24) is 14.5 Å². The molecular formula is C35H26N4. The Morgan fingerprint density at radius 2 is 1.18 bits per heavy atom. The summed E-state index contributed by atoms with van der Waals surface area (Å²) in [5, 5.41) is 2.44. The number of benzene rings is 5. The first-order chi connectivity index (χ1) is 19.3. The van der Waals surface area contributed by atoms with Crippen molar-refractivity contribution in [3.63, 3.8) is 0 Å². The van der Waals surface area contributed by atoms with Gasteiger partial charge in [0.25, 0.3) is 0 Å². The van der Waals surface area contributed by atoms with E-state index in [0.29, 0.717) is 0 Å². The predicted octanol–water partition coefficient (Wildman–Crippen LogP) is 9.02. The van der Waals surface area contributed by atoms with Gasteiger partial charge in [-0.2, -0.15) is 0 Å². The molecule has 0 N–H and O–H groups in total. The van der Waals surface area contributed by atoms with Gasteiger partial charge in [0.1, 0.15) is 0 Å². The van der Waals surface area contributed by atoms with Crippen molar-refractivity contribution < 1.29 is 0 Å². The lowest BCUT2D eigenvalue weighted by Gasteiger charge is -2.25. The molecular weight excluding hydrogens is 476 g/mol. The third-order valence-corrected chi connectivity index (χ3v) is 7.20. The Labute approximate surface area is 227 Å². The van der Waals surface area contributed by atoms with Crippen molar-refractivity contribution in [2.24, 2.45) is 0 Å². The molecule has 2 heterocycles. The Morgan fingerprint density at radius 3 is 1.87 bits per heavy atom. The highest BCUT2D eigenvalue weighted by Gasteiger charge is 2.18. The third kappa shape index (κ3) is 4.03. The number of aryl methyl sites for hydroxylation is 1. The molecule has 0 aliphatic heterocycles. The molecule has 186 valence electrons. The fourth-order valence-corrected chi connectivity index (χ4v) is 5.45. The quantitative estimate of drug-likeness (QED) is 0.235. The number of fused-ring (bicyclic) bond motifs is 3. The van der Waals surface area contributed by atoms with Crippen LogP contribution in [0.25, 0.3) is 38.9 Å². The number of rotatable bonds is 5.